The highest BCUT2D eigenvalue weighted by Crippen LogP contribution is 2.36. The lowest BCUT2D eigenvalue weighted by atomic mass is 10.0. The van der Waals surface area contributed by atoms with Gasteiger partial charge in [0.15, 0.2) is 10.2 Å². The number of nitrogens with one attached hydrogen (secondary N) is 1. The maximum atomic E-state index is 13.2. The predicted molar refractivity (Wildman–Crippen MR) is 134 cm³/mol. The summed E-state index contributed by atoms with van der Waals surface area (Å²) in [6.45, 7) is 4.19. The van der Waals surface area contributed by atoms with Crippen LogP contribution < -0.4 is 10.2 Å². The third kappa shape index (κ3) is 4.72. The van der Waals surface area contributed by atoms with Gasteiger partial charge < -0.3 is 4.42 Å². The molecular formula is C24H19BrN2O3S2. The number of anilines is 1. The molecule has 0 atom stereocenters. The minimum absolute atomic E-state index is 0.0513. The Morgan fingerprint density at radius 1 is 1.09 bits per heavy atom. The van der Waals surface area contributed by atoms with Gasteiger partial charge in [0.1, 0.15) is 11.3 Å². The van der Waals surface area contributed by atoms with E-state index < -0.39 is 11.8 Å². The highest BCUT2D eigenvalue weighted by molar-refractivity contribution is 9.10. The van der Waals surface area contributed by atoms with Gasteiger partial charge in [-0.25, -0.2) is 0 Å². The Labute approximate surface area is 204 Å². The van der Waals surface area contributed by atoms with Crippen LogP contribution in [0.2, 0.25) is 0 Å². The van der Waals surface area contributed by atoms with E-state index in [2.05, 4.69) is 35.1 Å². The highest BCUT2D eigenvalue weighted by Gasteiger charge is 2.34. The summed E-state index contributed by atoms with van der Waals surface area (Å²) in [5.74, 6) is -0.305. The first-order valence-electron chi connectivity index (χ1n) is 9.87. The van der Waals surface area contributed by atoms with Gasteiger partial charge in [-0.3, -0.25) is 19.8 Å². The van der Waals surface area contributed by atoms with E-state index in [1.54, 1.807) is 6.07 Å². The molecule has 0 bridgehead atoms. The highest BCUT2D eigenvalue weighted by atomic mass is 79.9. The molecule has 3 aromatic rings. The maximum absolute atomic E-state index is 13.2. The molecule has 5 nitrogen and oxygen atoms in total. The van der Waals surface area contributed by atoms with Crippen molar-refractivity contribution in [3.8, 4) is 0 Å². The molecule has 1 aliphatic rings. The molecule has 1 saturated heterocycles. The molecule has 1 N–H and O–H groups in total. The summed E-state index contributed by atoms with van der Waals surface area (Å²) in [5.41, 5.74) is 1.69. The van der Waals surface area contributed by atoms with Gasteiger partial charge in [0.2, 0.25) is 0 Å². The number of benzene rings is 2. The van der Waals surface area contributed by atoms with Crippen molar-refractivity contribution in [3.63, 3.8) is 0 Å². The second-order valence-corrected chi connectivity index (χ2v) is 9.69. The van der Waals surface area contributed by atoms with E-state index in [0.29, 0.717) is 22.5 Å². The number of furan rings is 1. The third-order valence-corrected chi connectivity index (χ3v) is 6.97. The third-order valence-electron chi connectivity index (χ3n) is 4.83. The number of thiocarbonyl (C=S) groups is 1. The van der Waals surface area contributed by atoms with Gasteiger partial charge in [0.25, 0.3) is 11.8 Å². The van der Waals surface area contributed by atoms with E-state index >= 15 is 0 Å². The van der Waals surface area contributed by atoms with Crippen LogP contribution in [0.15, 0.2) is 85.1 Å². The molecule has 0 radical (unpaired) electrons. The van der Waals surface area contributed by atoms with Gasteiger partial charge in [0, 0.05) is 4.90 Å². The van der Waals surface area contributed by atoms with Crippen LogP contribution >= 0.6 is 39.9 Å². The Hall–Kier alpha value is -2.68. The van der Waals surface area contributed by atoms with Gasteiger partial charge in [-0.05, 0) is 76.0 Å². The molecule has 1 aromatic heterocycles. The summed E-state index contributed by atoms with van der Waals surface area (Å²) in [5, 5.41) is 3.28. The van der Waals surface area contributed by atoms with Crippen LogP contribution in [0.3, 0.4) is 0 Å². The second-order valence-electron chi connectivity index (χ2n) is 7.40. The molecular weight excluding hydrogens is 508 g/mol. The fourth-order valence-corrected chi connectivity index (χ4v) is 4.78. The van der Waals surface area contributed by atoms with Crippen LogP contribution in [0.4, 0.5) is 5.69 Å². The Morgan fingerprint density at radius 2 is 1.78 bits per heavy atom. The van der Waals surface area contributed by atoms with E-state index in [0.717, 1.165) is 14.9 Å². The average Bonchev–Trinajstić information content (AvgIpc) is 3.11. The topological polar surface area (TPSA) is 62.6 Å². The SMILES string of the molecule is CC(C)c1ccc(N2C(=O)/C(=C/c3cc(Br)c(Sc4ccccc4)o3)C(=O)NC2=S)cc1. The number of carbonyl (C=O) groups is 2. The van der Waals surface area contributed by atoms with Gasteiger partial charge in [-0.15, -0.1) is 0 Å². The van der Waals surface area contributed by atoms with Gasteiger partial charge in [-0.1, -0.05) is 55.9 Å². The van der Waals surface area contributed by atoms with E-state index in [1.165, 1.54) is 22.7 Å². The van der Waals surface area contributed by atoms with Crippen molar-refractivity contribution in [3.05, 3.63) is 82.0 Å². The molecule has 2 aromatic carbocycles. The molecule has 2 amide bonds. The largest absolute Gasteiger partial charge is 0.449 e. The van der Waals surface area contributed by atoms with Crippen molar-refractivity contribution >= 4 is 68.6 Å². The minimum atomic E-state index is -0.556. The lowest BCUT2D eigenvalue weighted by Gasteiger charge is -2.29. The lowest BCUT2D eigenvalue weighted by Crippen LogP contribution is -2.54. The number of carbonyl (C=O) groups excluding carboxylic acids is 2. The molecule has 1 fully saturated rings. The number of rotatable bonds is 5. The Balaban J connectivity index is 1.62. The number of amides is 2. The molecule has 0 spiro atoms. The molecule has 4 rings (SSSR count). The van der Waals surface area contributed by atoms with Gasteiger partial charge >= 0.3 is 0 Å². The fourth-order valence-electron chi connectivity index (χ4n) is 3.15. The smallest absolute Gasteiger partial charge is 0.270 e. The van der Waals surface area contributed by atoms with E-state index in [1.807, 2.05) is 54.6 Å². The first-order valence-corrected chi connectivity index (χ1v) is 11.9. The average molecular weight is 527 g/mol. The van der Waals surface area contributed by atoms with Crippen molar-refractivity contribution in [1.29, 1.82) is 0 Å². The van der Waals surface area contributed by atoms with Crippen molar-refractivity contribution < 1.29 is 14.0 Å². The van der Waals surface area contributed by atoms with E-state index in [9.17, 15) is 9.59 Å². The van der Waals surface area contributed by atoms with Crippen LogP contribution in [0.25, 0.3) is 6.08 Å². The van der Waals surface area contributed by atoms with Crippen LogP contribution in [-0.2, 0) is 9.59 Å². The summed E-state index contributed by atoms with van der Waals surface area (Å²) in [6.07, 6.45) is 1.44. The standard InChI is InChI=1S/C24H19BrN2O3S2/c1-14(2)15-8-10-16(11-9-15)27-22(29)19(21(28)26-24(27)31)12-17-13-20(25)23(30-17)32-18-6-4-3-5-7-18/h3-14H,1-2H3,(H,26,28,31)/b19-12+. The summed E-state index contributed by atoms with van der Waals surface area (Å²) >= 11 is 10.2. The van der Waals surface area contributed by atoms with Crippen LogP contribution in [-0.4, -0.2) is 16.9 Å². The quantitative estimate of drug-likeness (QED) is 0.245. The lowest BCUT2D eigenvalue weighted by molar-refractivity contribution is -0.122. The van der Waals surface area contributed by atoms with Gasteiger partial charge in [-0.2, -0.15) is 0 Å². The Kier molecular flexibility index (Phi) is 6.64. The summed E-state index contributed by atoms with van der Waals surface area (Å²) in [4.78, 5) is 28.1. The van der Waals surface area contributed by atoms with Crippen molar-refractivity contribution in [2.24, 2.45) is 0 Å². The zero-order valence-electron chi connectivity index (χ0n) is 17.3. The number of hydrogen-bond acceptors (Lipinski definition) is 5. The normalized spacial score (nSPS) is 15.6. The zero-order chi connectivity index (χ0) is 22.8. The Morgan fingerprint density at radius 3 is 2.44 bits per heavy atom. The molecule has 2 heterocycles. The van der Waals surface area contributed by atoms with Crippen molar-refractivity contribution in [2.75, 3.05) is 4.90 Å². The zero-order valence-corrected chi connectivity index (χ0v) is 20.5. The fraction of sp³-hybridized carbons (Fsp3) is 0.125. The molecule has 32 heavy (non-hydrogen) atoms. The van der Waals surface area contributed by atoms with Crippen LogP contribution in [0.5, 0.6) is 0 Å². The number of nitrogens with zero attached hydrogens (tertiary/aromatic N) is 1. The van der Waals surface area contributed by atoms with Crippen LogP contribution in [0.1, 0.15) is 31.1 Å². The molecule has 0 saturated carbocycles. The van der Waals surface area contributed by atoms with E-state index in [4.69, 9.17) is 16.6 Å². The molecule has 162 valence electrons. The summed E-state index contributed by atoms with van der Waals surface area (Å²) in [7, 11) is 0. The van der Waals surface area contributed by atoms with E-state index in [-0.39, 0.29) is 10.7 Å². The first kappa shape index (κ1) is 22.5. The predicted octanol–water partition coefficient (Wildman–Crippen LogP) is 6.15. The van der Waals surface area contributed by atoms with Gasteiger partial charge in [0.05, 0.1) is 10.2 Å². The molecule has 1 aliphatic heterocycles. The molecule has 8 heteroatoms. The van der Waals surface area contributed by atoms with Crippen LogP contribution in [0, 0.1) is 0 Å². The maximum Gasteiger partial charge on any atom is 0.270 e. The van der Waals surface area contributed by atoms with Crippen molar-refractivity contribution in [2.45, 2.75) is 29.8 Å². The number of hydrogen-bond donors (Lipinski definition) is 1. The Bertz CT molecular complexity index is 1220. The number of halogens is 1. The first-order chi connectivity index (χ1) is 15.3. The van der Waals surface area contributed by atoms with Crippen molar-refractivity contribution in [1.82, 2.24) is 5.32 Å². The minimum Gasteiger partial charge on any atom is -0.449 e. The summed E-state index contributed by atoms with van der Waals surface area (Å²) < 4.78 is 6.62. The second kappa shape index (κ2) is 9.44. The monoisotopic (exact) mass is 526 g/mol. The molecule has 0 aliphatic carbocycles. The summed E-state index contributed by atoms with van der Waals surface area (Å²) in [6, 6.07) is 19.1. The molecule has 0 unspecified atom stereocenters.